The van der Waals surface area contributed by atoms with Crippen molar-refractivity contribution in [2.24, 2.45) is 5.73 Å². The number of rotatable bonds is 15. The minimum Gasteiger partial charge on any atom is -0.494 e. The highest BCUT2D eigenvalue weighted by molar-refractivity contribution is 5.87. The highest BCUT2D eigenvalue weighted by Gasteiger charge is 2.10. The lowest BCUT2D eigenvalue weighted by Gasteiger charge is -2.10. The number of ether oxygens (including phenoxy) is 2. The topological polar surface area (TPSA) is 132 Å². The van der Waals surface area contributed by atoms with E-state index in [2.05, 4.69) is 20.3 Å². The predicted octanol–water partition coefficient (Wildman–Crippen LogP) is 4.07. The molecule has 0 spiro atoms. The molecule has 0 aliphatic rings. The van der Waals surface area contributed by atoms with Gasteiger partial charge in [0.2, 0.25) is 5.95 Å². The molecule has 0 fully saturated rings. The van der Waals surface area contributed by atoms with Crippen LogP contribution in [0.15, 0.2) is 48.5 Å². The molecule has 0 saturated carbocycles. The molecule has 35 heavy (non-hydrogen) atoms. The lowest BCUT2D eigenvalue weighted by Crippen LogP contribution is -2.10. The smallest absolute Gasteiger partial charge is 0.335 e. The third-order valence-electron chi connectivity index (χ3n) is 5.24. The fourth-order valence-corrected chi connectivity index (χ4v) is 3.37. The number of hydrogen-bond donors (Lipinski definition) is 3. The maximum Gasteiger partial charge on any atom is 0.335 e. The summed E-state index contributed by atoms with van der Waals surface area (Å²) in [6.45, 7) is 4.28. The molecule has 0 atom stereocenters. The quantitative estimate of drug-likeness (QED) is 0.276. The Balaban J connectivity index is 1.57. The number of carboxylic acid groups (broad SMARTS) is 1. The van der Waals surface area contributed by atoms with Gasteiger partial charge < -0.3 is 25.6 Å². The summed E-state index contributed by atoms with van der Waals surface area (Å²) >= 11 is 0. The minimum atomic E-state index is -0.959. The summed E-state index contributed by atoms with van der Waals surface area (Å²) in [4.78, 5) is 24.3. The minimum absolute atomic E-state index is 0.237. The van der Waals surface area contributed by atoms with E-state index in [1.807, 2.05) is 31.2 Å². The number of aromatic carboxylic acids is 1. The molecule has 0 radical (unpaired) electrons. The molecule has 2 aromatic carbocycles. The van der Waals surface area contributed by atoms with Crippen LogP contribution in [0.4, 0.5) is 5.95 Å². The second-order valence-corrected chi connectivity index (χ2v) is 8.02. The van der Waals surface area contributed by atoms with Gasteiger partial charge in [-0.15, -0.1) is 0 Å². The number of unbranched alkanes of at least 4 members (excludes halogenated alkanes) is 3. The Hall–Kier alpha value is -3.72. The standard InChI is InChI=1S/C26H33N5O4/c1-2-34-26-30-23(17-19-7-11-21(12-8-19)24(32)33)29-25(31-26)28-18-20-9-13-22(14-10-20)35-16-6-4-3-5-15-27/h7-14H,2-6,15-18,27H2,1H3,(H,32,33)(H,28,29,30,31). The SMILES string of the molecule is CCOc1nc(Cc2ccc(C(=O)O)cc2)nc(NCc2ccc(OCCCCCCN)cc2)n1. The zero-order valence-corrected chi connectivity index (χ0v) is 20.1. The van der Waals surface area contributed by atoms with E-state index in [0.29, 0.717) is 38.0 Å². The molecule has 3 rings (SSSR count). The van der Waals surface area contributed by atoms with Crippen LogP contribution in [0.3, 0.4) is 0 Å². The van der Waals surface area contributed by atoms with Crippen molar-refractivity contribution in [2.75, 3.05) is 25.1 Å². The summed E-state index contributed by atoms with van der Waals surface area (Å²) in [5.41, 5.74) is 7.70. The average Bonchev–Trinajstić information content (AvgIpc) is 2.86. The summed E-state index contributed by atoms with van der Waals surface area (Å²) in [5.74, 6) is 0.838. The molecule has 0 aliphatic heterocycles. The Kier molecular flexibility index (Phi) is 10.3. The lowest BCUT2D eigenvalue weighted by molar-refractivity contribution is 0.0697. The third kappa shape index (κ3) is 8.86. The van der Waals surface area contributed by atoms with E-state index in [9.17, 15) is 4.79 Å². The highest BCUT2D eigenvalue weighted by Crippen LogP contribution is 2.16. The van der Waals surface area contributed by atoms with Crippen molar-refractivity contribution in [1.29, 1.82) is 0 Å². The van der Waals surface area contributed by atoms with Gasteiger partial charge in [-0.3, -0.25) is 0 Å². The summed E-state index contributed by atoms with van der Waals surface area (Å²) in [6.07, 6.45) is 4.79. The molecule has 0 unspecified atom stereocenters. The van der Waals surface area contributed by atoms with Crippen molar-refractivity contribution in [3.63, 3.8) is 0 Å². The van der Waals surface area contributed by atoms with E-state index in [0.717, 1.165) is 49.1 Å². The van der Waals surface area contributed by atoms with Crippen LogP contribution in [0.2, 0.25) is 0 Å². The van der Waals surface area contributed by atoms with Crippen LogP contribution >= 0.6 is 0 Å². The van der Waals surface area contributed by atoms with Gasteiger partial charge in [0, 0.05) is 13.0 Å². The molecule has 186 valence electrons. The number of aromatic nitrogens is 3. The van der Waals surface area contributed by atoms with Gasteiger partial charge in [0.25, 0.3) is 0 Å². The van der Waals surface area contributed by atoms with Crippen LogP contribution in [0, 0.1) is 0 Å². The summed E-state index contributed by atoms with van der Waals surface area (Å²) < 4.78 is 11.3. The molecule has 4 N–H and O–H groups in total. The lowest BCUT2D eigenvalue weighted by atomic mass is 10.1. The van der Waals surface area contributed by atoms with Crippen molar-refractivity contribution in [2.45, 2.75) is 45.6 Å². The van der Waals surface area contributed by atoms with Crippen LogP contribution < -0.4 is 20.5 Å². The van der Waals surface area contributed by atoms with Crippen LogP contribution in [0.1, 0.15) is 59.9 Å². The normalized spacial score (nSPS) is 10.7. The number of nitrogens with one attached hydrogen (secondary N) is 1. The molecule has 0 aliphatic carbocycles. The predicted molar refractivity (Wildman–Crippen MR) is 134 cm³/mol. The molecular weight excluding hydrogens is 446 g/mol. The molecule has 0 amide bonds. The number of carbonyl (C=O) groups is 1. The zero-order chi connectivity index (χ0) is 24.9. The van der Waals surface area contributed by atoms with E-state index in [-0.39, 0.29) is 11.6 Å². The number of nitrogens with zero attached hydrogens (tertiary/aromatic N) is 3. The van der Waals surface area contributed by atoms with Gasteiger partial charge in [-0.25, -0.2) is 4.79 Å². The third-order valence-corrected chi connectivity index (χ3v) is 5.24. The fraction of sp³-hybridized carbons (Fsp3) is 0.385. The van der Waals surface area contributed by atoms with Crippen molar-refractivity contribution in [1.82, 2.24) is 15.0 Å². The molecule has 3 aromatic rings. The summed E-state index contributed by atoms with van der Waals surface area (Å²) in [5, 5.41) is 12.3. The van der Waals surface area contributed by atoms with Crippen molar-refractivity contribution >= 4 is 11.9 Å². The first-order valence-electron chi connectivity index (χ1n) is 11.9. The van der Waals surface area contributed by atoms with Gasteiger partial charge in [-0.1, -0.05) is 37.1 Å². The van der Waals surface area contributed by atoms with E-state index in [1.165, 1.54) is 0 Å². The first kappa shape index (κ1) is 25.9. The maximum atomic E-state index is 11.1. The van der Waals surface area contributed by atoms with Crippen LogP contribution in [-0.4, -0.2) is 45.8 Å². The van der Waals surface area contributed by atoms with Crippen LogP contribution in [-0.2, 0) is 13.0 Å². The number of benzene rings is 2. The van der Waals surface area contributed by atoms with Crippen LogP contribution in [0.25, 0.3) is 0 Å². The van der Waals surface area contributed by atoms with E-state index < -0.39 is 5.97 Å². The second-order valence-electron chi connectivity index (χ2n) is 8.02. The number of carboxylic acids is 1. The monoisotopic (exact) mass is 479 g/mol. The fourth-order valence-electron chi connectivity index (χ4n) is 3.37. The molecule has 1 heterocycles. The molecular formula is C26H33N5O4. The highest BCUT2D eigenvalue weighted by atomic mass is 16.5. The van der Waals surface area contributed by atoms with Gasteiger partial charge in [0.05, 0.1) is 18.8 Å². The van der Waals surface area contributed by atoms with Gasteiger partial charge in [-0.05, 0) is 61.7 Å². The van der Waals surface area contributed by atoms with Gasteiger partial charge in [0.1, 0.15) is 11.6 Å². The maximum absolute atomic E-state index is 11.1. The number of nitrogens with two attached hydrogens (primary N) is 1. The van der Waals surface area contributed by atoms with E-state index >= 15 is 0 Å². The van der Waals surface area contributed by atoms with E-state index in [1.54, 1.807) is 24.3 Å². The Bertz CT molecular complexity index is 1060. The van der Waals surface area contributed by atoms with Gasteiger partial charge >= 0.3 is 12.0 Å². The summed E-state index contributed by atoms with van der Waals surface area (Å²) in [6, 6.07) is 14.8. The second kappa shape index (κ2) is 13.9. The largest absolute Gasteiger partial charge is 0.494 e. The first-order chi connectivity index (χ1) is 17.1. The van der Waals surface area contributed by atoms with Gasteiger partial charge in [0.15, 0.2) is 0 Å². The molecule has 9 nitrogen and oxygen atoms in total. The summed E-state index contributed by atoms with van der Waals surface area (Å²) in [7, 11) is 0. The molecule has 0 bridgehead atoms. The van der Waals surface area contributed by atoms with E-state index in [4.69, 9.17) is 20.3 Å². The zero-order valence-electron chi connectivity index (χ0n) is 20.1. The average molecular weight is 480 g/mol. The van der Waals surface area contributed by atoms with Crippen molar-refractivity contribution in [3.8, 4) is 11.8 Å². The molecule has 0 saturated heterocycles. The Labute approximate surface area is 205 Å². The Morgan fingerprint density at radius 1 is 0.914 bits per heavy atom. The van der Waals surface area contributed by atoms with Crippen molar-refractivity contribution < 1.29 is 19.4 Å². The number of hydrogen-bond acceptors (Lipinski definition) is 8. The molecule has 1 aromatic heterocycles. The first-order valence-corrected chi connectivity index (χ1v) is 11.9. The van der Waals surface area contributed by atoms with Crippen molar-refractivity contribution in [3.05, 3.63) is 71.0 Å². The molecule has 9 heteroatoms. The number of anilines is 1. The Morgan fingerprint density at radius 3 is 2.31 bits per heavy atom. The van der Waals surface area contributed by atoms with Gasteiger partial charge in [-0.2, -0.15) is 15.0 Å². The Morgan fingerprint density at radius 2 is 1.63 bits per heavy atom. The van der Waals surface area contributed by atoms with Crippen LogP contribution in [0.5, 0.6) is 11.8 Å².